The second-order valence-electron chi connectivity index (χ2n) is 3.61. The second-order valence-corrected chi connectivity index (χ2v) is 5.33. The highest BCUT2D eigenvalue weighted by molar-refractivity contribution is 8.26. The Morgan fingerprint density at radius 3 is 2.95 bits per heavy atom. The monoisotopic (exact) mass is 295 g/mol. The molecule has 0 bridgehead atoms. The van der Waals surface area contributed by atoms with Crippen molar-refractivity contribution in [2.75, 3.05) is 6.61 Å². The molecule has 0 radical (unpaired) electrons. The molecule has 0 unspecified atom stereocenters. The molecule has 19 heavy (non-hydrogen) atoms. The van der Waals surface area contributed by atoms with Crippen LogP contribution in [0.4, 0.5) is 0 Å². The third-order valence-electron chi connectivity index (χ3n) is 2.16. The number of nitrogens with one attached hydrogen (secondary N) is 1. The summed E-state index contributed by atoms with van der Waals surface area (Å²) in [4.78, 5) is 22.4. The highest BCUT2D eigenvalue weighted by Gasteiger charge is 2.21. The van der Waals surface area contributed by atoms with Gasteiger partial charge in [0, 0.05) is 0 Å². The Hall–Kier alpha value is -1.86. The van der Waals surface area contributed by atoms with E-state index in [1.165, 1.54) is 11.8 Å². The van der Waals surface area contributed by atoms with E-state index < -0.39 is 12.6 Å². The van der Waals surface area contributed by atoms with Gasteiger partial charge >= 0.3 is 5.97 Å². The minimum absolute atomic E-state index is 0.230. The standard InChI is InChI=1S/C12H9NO4S2/c14-10(15)6-17-8-3-1-2-7(4-8)5-9-11(16)13-12(18)19-9/h1-5H,6H2,(H,14,15)(H,13,16,18)/b9-5-. The van der Waals surface area contributed by atoms with Gasteiger partial charge in [0.2, 0.25) is 0 Å². The molecule has 0 atom stereocenters. The Morgan fingerprint density at radius 1 is 1.53 bits per heavy atom. The number of amides is 1. The van der Waals surface area contributed by atoms with Crippen molar-refractivity contribution in [3.05, 3.63) is 34.7 Å². The predicted molar refractivity (Wildman–Crippen MR) is 75.9 cm³/mol. The van der Waals surface area contributed by atoms with E-state index in [2.05, 4.69) is 5.32 Å². The maximum Gasteiger partial charge on any atom is 0.341 e. The summed E-state index contributed by atoms with van der Waals surface area (Å²) in [5.74, 6) is -0.838. The molecule has 98 valence electrons. The van der Waals surface area contributed by atoms with Gasteiger partial charge in [-0.25, -0.2) is 4.79 Å². The number of ether oxygens (including phenoxy) is 1. The molecule has 5 nitrogen and oxygen atoms in total. The first-order valence-corrected chi connectivity index (χ1v) is 6.46. The smallest absolute Gasteiger partial charge is 0.341 e. The molecule has 1 amide bonds. The van der Waals surface area contributed by atoms with Crippen molar-refractivity contribution in [1.82, 2.24) is 5.32 Å². The number of carbonyl (C=O) groups is 2. The molecule has 1 heterocycles. The fourth-order valence-electron chi connectivity index (χ4n) is 1.41. The van der Waals surface area contributed by atoms with Gasteiger partial charge in [0.15, 0.2) is 6.61 Å². The lowest BCUT2D eigenvalue weighted by Crippen LogP contribution is -2.17. The fourth-order valence-corrected chi connectivity index (χ4v) is 2.46. The molecule has 2 rings (SSSR count). The van der Waals surface area contributed by atoms with Crippen LogP contribution in [-0.4, -0.2) is 27.9 Å². The van der Waals surface area contributed by atoms with E-state index in [0.717, 1.165) is 5.56 Å². The third-order valence-corrected chi connectivity index (χ3v) is 3.32. The van der Waals surface area contributed by atoms with Crippen molar-refractivity contribution in [2.45, 2.75) is 0 Å². The summed E-state index contributed by atoms with van der Waals surface area (Å²) in [6, 6.07) is 6.82. The first-order valence-electron chi connectivity index (χ1n) is 5.24. The van der Waals surface area contributed by atoms with Crippen LogP contribution in [0.15, 0.2) is 29.2 Å². The zero-order chi connectivity index (χ0) is 13.8. The first-order chi connectivity index (χ1) is 9.04. The molecule has 7 heteroatoms. The topological polar surface area (TPSA) is 75.6 Å². The Morgan fingerprint density at radius 2 is 2.32 bits per heavy atom. The summed E-state index contributed by atoms with van der Waals surface area (Å²) >= 11 is 6.08. The summed E-state index contributed by atoms with van der Waals surface area (Å²) in [5, 5.41) is 11.1. The summed E-state index contributed by atoms with van der Waals surface area (Å²) in [6.45, 7) is -0.403. The number of aliphatic carboxylic acids is 1. The Labute approximate surface area is 118 Å². The van der Waals surface area contributed by atoms with Crippen LogP contribution in [0.25, 0.3) is 6.08 Å². The quantitative estimate of drug-likeness (QED) is 0.649. The molecule has 0 spiro atoms. The van der Waals surface area contributed by atoms with E-state index in [-0.39, 0.29) is 5.91 Å². The van der Waals surface area contributed by atoms with E-state index in [1.807, 2.05) is 0 Å². The summed E-state index contributed by atoms with van der Waals surface area (Å²) < 4.78 is 5.48. The van der Waals surface area contributed by atoms with Crippen LogP contribution in [0.2, 0.25) is 0 Å². The van der Waals surface area contributed by atoms with Crippen LogP contribution in [0.3, 0.4) is 0 Å². The van der Waals surface area contributed by atoms with Crippen molar-refractivity contribution in [3.63, 3.8) is 0 Å². The number of carbonyl (C=O) groups excluding carboxylic acids is 1. The van der Waals surface area contributed by atoms with Crippen LogP contribution < -0.4 is 10.1 Å². The van der Waals surface area contributed by atoms with Crippen LogP contribution in [0.1, 0.15) is 5.56 Å². The van der Waals surface area contributed by atoms with E-state index in [0.29, 0.717) is 15.0 Å². The van der Waals surface area contributed by atoms with Crippen LogP contribution in [0.5, 0.6) is 5.75 Å². The number of rotatable bonds is 4. The van der Waals surface area contributed by atoms with Crippen molar-refractivity contribution in [3.8, 4) is 5.75 Å². The van der Waals surface area contributed by atoms with Crippen molar-refractivity contribution in [1.29, 1.82) is 0 Å². The zero-order valence-corrected chi connectivity index (χ0v) is 11.2. The molecule has 1 saturated heterocycles. The number of carboxylic acids is 1. The normalized spacial score (nSPS) is 16.5. The van der Waals surface area contributed by atoms with Gasteiger partial charge in [0.1, 0.15) is 10.1 Å². The average Bonchev–Trinajstić information content (AvgIpc) is 2.66. The summed E-state index contributed by atoms with van der Waals surface area (Å²) in [5.41, 5.74) is 0.741. The average molecular weight is 295 g/mol. The van der Waals surface area contributed by atoms with Gasteiger partial charge in [-0.1, -0.05) is 36.1 Å². The Balaban J connectivity index is 2.15. The lowest BCUT2D eigenvalue weighted by Gasteiger charge is -2.03. The van der Waals surface area contributed by atoms with Crippen LogP contribution in [-0.2, 0) is 9.59 Å². The molecule has 1 aliphatic rings. The Bertz CT molecular complexity index is 583. The Kier molecular flexibility index (Phi) is 4.18. The van der Waals surface area contributed by atoms with Gasteiger partial charge in [0.25, 0.3) is 5.91 Å². The molecule has 1 aromatic rings. The maximum atomic E-state index is 11.5. The highest BCUT2D eigenvalue weighted by Crippen LogP contribution is 2.26. The molecule has 1 fully saturated rings. The molecule has 1 aliphatic heterocycles. The number of hydrogen-bond donors (Lipinski definition) is 2. The van der Waals surface area contributed by atoms with E-state index in [4.69, 9.17) is 22.1 Å². The zero-order valence-electron chi connectivity index (χ0n) is 9.58. The largest absolute Gasteiger partial charge is 0.482 e. The van der Waals surface area contributed by atoms with Crippen molar-refractivity contribution in [2.24, 2.45) is 0 Å². The lowest BCUT2D eigenvalue weighted by atomic mass is 10.2. The molecular formula is C12H9NO4S2. The number of thiocarbonyl (C=S) groups is 1. The van der Waals surface area contributed by atoms with Gasteiger partial charge < -0.3 is 15.2 Å². The van der Waals surface area contributed by atoms with Gasteiger partial charge in [-0.05, 0) is 23.8 Å². The van der Waals surface area contributed by atoms with E-state index >= 15 is 0 Å². The minimum atomic E-state index is -1.04. The SMILES string of the molecule is O=C(O)COc1cccc(/C=C2\SC(=S)NC2=O)c1. The van der Waals surface area contributed by atoms with E-state index in [1.54, 1.807) is 30.3 Å². The molecule has 0 aromatic heterocycles. The lowest BCUT2D eigenvalue weighted by molar-refractivity contribution is -0.139. The van der Waals surface area contributed by atoms with Crippen LogP contribution >= 0.6 is 24.0 Å². The second kappa shape index (κ2) is 5.85. The molecule has 0 saturated carbocycles. The van der Waals surface area contributed by atoms with Crippen LogP contribution in [0, 0.1) is 0 Å². The van der Waals surface area contributed by atoms with Gasteiger partial charge in [-0.15, -0.1) is 0 Å². The van der Waals surface area contributed by atoms with Crippen molar-refractivity contribution < 1.29 is 19.4 Å². The van der Waals surface area contributed by atoms with Gasteiger partial charge in [-0.3, -0.25) is 4.79 Å². The van der Waals surface area contributed by atoms with E-state index in [9.17, 15) is 9.59 Å². The third kappa shape index (κ3) is 3.80. The summed E-state index contributed by atoms with van der Waals surface area (Å²) in [6.07, 6.45) is 1.67. The van der Waals surface area contributed by atoms with Gasteiger partial charge in [0.05, 0.1) is 4.91 Å². The number of carboxylic acid groups (broad SMARTS) is 1. The van der Waals surface area contributed by atoms with Gasteiger partial charge in [-0.2, -0.15) is 0 Å². The summed E-state index contributed by atoms with van der Waals surface area (Å²) in [7, 11) is 0. The molecular weight excluding hydrogens is 286 g/mol. The maximum absolute atomic E-state index is 11.5. The highest BCUT2D eigenvalue weighted by atomic mass is 32.2. The molecule has 0 aliphatic carbocycles. The first kappa shape index (κ1) is 13.6. The number of thioether (sulfide) groups is 1. The number of hydrogen-bond acceptors (Lipinski definition) is 5. The van der Waals surface area contributed by atoms with Crippen molar-refractivity contribution >= 4 is 46.3 Å². The number of benzene rings is 1. The molecule has 1 aromatic carbocycles. The predicted octanol–water partition coefficient (Wildman–Crippen LogP) is 1.64. The molecule has 2 N–H and O–H groups in total. The fraction of sp³-hybridized carbons (Fsp3) is 0.0833. The minimum Gasteiger partial charge on any atom is -0.482 e.